The molecule has 6 heteroatoms. The van der Waals surface area contributed by atoms with Crippen LogP contribution in [0.25, 0.3) is 0 Å². The Morgan fingerprint density at radius 2 is 2.04 bits per heavy atom. The second kappa shape index (κ2) is 5.23. The van der Waals surface area contributed by atoms with E-state index < -0.39 is 0 Å². The van der Waals surface area contributed by atoms with Crippen molar-refractivity contribution in [2.24, 2.45) is 7.05 Å². The fraction of sp³-hybridized carbons (Fsp3) is 0.765. The maximum absolute atomic E-state index is 13.1. The Morgan fingerprint density at radius 3 is 2.61 bits per heavy atom. The van der Waals surface area contributed by atoms with Gasteiger partial charge in [-0.05, 0) is 39.5 Å². The van der Waals surface area contributed by atoms with Crippen molar-refractivity contribution < 1.29 is 4.79 Å². The smallest absolute Gasteiger partial charge is 0.321 e. The van der Waals surface area contributed by atoms with Crippen molar-refractivity contribution >= 4 is 6.03 Å². The second-order valence-electron chi connectivity index (χ2n) is 7.83. The highest BCUT2D eigenvalue weighted by Gasteiger charge is 2.55. The Hall–Kier alpha value is -1.56. The zero-order valence-electron chi connectivity index (χ0n) is 14.3. The lowest BCUT2D eigenvalue weighted by molar-refractivity contribution is 0.0827. The normalized spacial score (nSPS) is 33.5. The van der Waals surface area contributed by atoms with Gasteiger partial charge in [-0.15, -0.1) is 0 Å². The zero-order valence-corrected chi connectivity index (χ0v) is 14.3. The minimum atomic E-state index is 0.00744. The average molecular weight is 317 g/mol. The maximum Gasteiger partial charge on any atom is 0.321 e. The minimum absolute atomic E-state index is 0.00744. The minimum Gasteiger partial charge on any atom is -0.337 e. The first-order chi connectivity index (χ1) is 11.0. The third-order valence-corrected chi connectivity index (χ3v) is 5.83. The van der Waals surface area contributed by atoms with Crippen LogP contribution in [0.1, 0.15) is 45.4 Å². The van der Waals surface area contributed by atoms with Crippen LogP contribution in [0.5, 0.6) is 0 Å². The molecule has 1 spiro atoms. The van der Waals surface area contributed by atoms with E-state index in [2.05, 4.69) is 29.0 Å². The van der Waals surface area contributed by atoms with E-state index >= 15 is 0 Å². The highest BCUT2D eigenvalue weighted by Crippen LogP contribution is 2.43. The molecular formula is C17H27N5O. The predicted octanol–water partition coefficient (Wildman–Crippen LogP) is 1.72. The molecule has 3 aliphatic rings. The molecule has 126 valence electrons. The molecule has 2 unspecified atom stereocenters. The van der Waals surface area contributed by atoms with E-state index in [-0.39, 0.29) is 17.6 Å². The molecule has 0 aromatic carbocycles. The number of hydrogen-bond acceptors (Lipinski definition) is 3. The Labute approximate surface area is 137 Å². The molecule has 2 atom stereocenters. The van der Waals surface area contributed by atoms with Crippen LogP contribution in [0.4, 0.5) is 4.79 Å². The maximum atomic E-state index is 13.1. The van der Waals surface area contributed by atoms with Crippen LogP contribution in [-0.2, 0) is 13.6 Å². The van der Waals surface area contributed by atoms with Crippen molar-refractivity contribution in [2.45, 2.75) is 69.7 Å². The standard InChI is InChI=1S/C17H27N5O/c1-12(2)22-16(23)21(10-15-18-6-7-20(15)3)11-17(22)8-13-4-5-14(9-17)19-13/h6-7,12-14,19H,4-5,8-11H2,1-3H3. The lowest BCUT2D eigenvalue weighted by Gasteiger charge is -2.45. The van der Waals surface area contributed by atoms with Crippen LogP contribution in [0.2, 0.25) is 0 Å². The van der Waals surface area contributed by atoms with E-state index in [1.54, 1.807) is 6.20 Å². The lowest BCUT2D eigenvalue weighted by Crippen LogP contribution is -2.59. The fourth-order valence-corrected chi connectivity index (χ4v) is 5.02. The van der Waals surface area contributed by atoms with Gasteiger partial charge >= 0.3 is 6.03 Å². The topological polar surface area (TPSA) is 53.4 Å². The molecule has 3 saturated heterocycles. The number of imidazole rings is 1. The molecule has 1 aromatic rings. The summed E-state index contributed by atoms with van der Waals surface area (Å²) in [6, 6.07) is 1.59. The first-order valence-electron chi connectivity index (χ1n) is 8.79. The summed E-state index contributed by atoms with van der Waals surface area (Å²) in [5.74, 6) is 0.955. The number of piperidine rings is 1. The molecule has 2 amide bonds. The molecule has 4 rings (SSSR count). The molecule has 4 heterocycles. The van der Waals surface area contributed by atoms with Crippen LogP contribution in [0.3, 0.4) is 0 Å². The largest absolute Gasteiger partial charge is 0.337 e. The number of rotatable bonds is 3. The van der Waals surface area contributed by atoms with Gasteiger partial charge in [0.05, 0.1) is 12.1 Å². The first-order valence-corrected chi connectivity index (χ1v) is 8.79. The van der Waals surface area contributed by atoms with Crippen molar-refractivity contribution in [2.75, 3.05) is 6.54 Å². The van der Waals surface area contributed by atoms with Gasteiger partial charge in [0.25, 0.3) is 0 Å². The molecule has 23 heavy (non-hydrogen) atoms. The summed E-state index contributed by atoms with van der Waals surface area (Å²) in [5, 5.41) is 3.71. The van der Waals surface area contributed by atoms with Gasteiger partial charge in [0.15, 0.2) is 0 Å². The van der Waals surface area contributed by atoms with Gasteiger partial charge in [-0.25, -0.2) is 9.78 Å². The number of fused-ring (bicyclic) bond motifs is 2. The third kappa shape index (κ3) is 2.35. The fourth-order valence-electron chi connectivity index (χ4n) is 5.02. The Bertz CT molecular complexity index is 598. The summed E-state index contributed by atoms with van der Waals surface area (Å²) >= 11 is 0. The highest BCUT2D eigenvalue weighted by atomic mass is 16.2. The molecule has 1 N–H and O–H groups in total. The SMILES string of the molecule is CC(C)N1C(=O)N(Cc2nccn2C)CC12CC1CCC(C2)N1. The van der Waals surface area contributed by atoms with Gasteiger partial charge in [-0.2, -0.15) is 0 Å². The number of urea groups is 1. The number of hydrogen-bond donors (Lipinski definition) is 1. The Kier molecular flexibility index (Phi) is 3.41. The summed E-state index contributed by atoms with van der Waals surface area (Å²) in [5.41, 5.74) is 0.00744. The molecule has 0 aliphatic carbocycles. The number of aromatic nitrogens is 2. The third-order valence-electron chi connectivity index (χ3n) is 5.83. The average Bonchev–Trinajstić information content (AvgIpc) is 3.10. The van der Waals surface area contributed by atoms with E-state index in [1.807, 2.05) is 22.7 Å². The number of nitrogens with one attached hydrogen (secondary N) is 1. The number of amides is 2. The predicted molar refractivity (Wildman–Crippen MR) is 87.9 cm³/mol. The van der Waals surface area contributed by atoms with E-state index in [0.29, 0.717) is 18.6 Å². The Morgan fingerprint density at radius 1 is 1.35 bits per heavy atom. The summed E-state index contributed by atoms with van der Waals surface area (Å²) in [7, 11) is 1.99. The van der Waals surface area contributed by atoms with Crippen molar-refractivity contribution in [3.8, 4) is 0 Å². The summed E-state index contributed by atoms with van der Waals surface area (Å²) in [6.45, 7) is 5.74. The van der Waals surface area contributed by atoms with Gasteiger partial charge in [0.2, 0.25) is 0 Å². The molecule has 0 saturated carbocycles. The summed E-state index contributed by atoms with van der Waals surface area (Å²) in [6.07, 6.45) is 8.43. The van der Waals surface area contributed by atoms with Crippen molar-refractivity contribution in [1.29, 1.82) is 0 Å². The molecule has 3 fully saturated rings. The quantitative estimate of drug-likeness (QED) is 0.923. The van der Waals surface area contributed by atoms with Gasteiger partial charge in [0, 0.05) is 44.1 Å². The molecule has 1 aromatic heterocycles. The van der Waals surface area contributed by atoms with E-state index in [4.69, 9.17) is 0 Å². The Balaban J connectivity index is 1.62. The highest BCUT2D eigenvalue weighted by molar-refractivity contribution is 5.78. The lowest BCUT2D eigenvalue weighted by atomic mass is 9.82. The molecule has 3 aliphatic heterocycles. The monoisotopic (exact) mass is 317 g/mol. The van der Waals surface area contributed by atoms with Crippen LogP contribution in [0, 0.1) is 0 Å². The van der Waals surface area contributed by atoms with E-state index in [1.165, 1.54) is 12.8 Å². The van der Waals surface area contributed by atoms with Crippen LogP contribution in [-0.4, -0.2) is 55.6 Å². The van der Waals surface area contributed by atoms with Crippen molar-refractivity contribution in [1.82, 2.24) is 24.7 Å². The van der Waals surface area contributed by atoms with E-state index in [0.717, 1.165) is 25.2 Å². The molecule has 2 bridgehead atoms. The zero-order chi connectivity index (χ0) is 16.2. The molecular weight excluding hydrogens is 290 g/mol. The van der Waals surface area contributed by atoms with Crippen LogP contribution in [0.15, 0.2) is 12.4 Å². The van der Waals surface area contributed by atoms with Gasteiger partial charge in [0.1, 0.15) is 5.82 Å². The number of carbonyl (C=O) groups is 1. The number of aryl methyl sites for hydroxylation is 1. The van der Waals surface area contributed by atoms with E-state index in [9.17, 15) is 4.79 Å². The summed E-state index contributed by atoms with van der Waals surface area (Å²) < 4.78 is 2.00. The molecule has 0 radical (unpaired) electrons. The summed E-state index contributed by atoms with van der Waals surface area (Å²) in [4.78, 5) is 21.7. The van der Waals surface area contributed by atoms with Crippen molar-refractivity contribution in [3.63, 3.8) is 0 Å². The molecule has 6 nitrogen and oxygen atoms in total. The van der Waals surface area contributed by atoms with Crippen molar-refractivity contribution in [3.05, 3.63) is 18.2 Å². The first kappa shape index (κ1) is 15.0. The van der Waals surface area contributed by atoms with Crippen LogP contribution < -0.4 is 5.32 Å². The van der Waals surface area contributed by atoms with Crippen LogP contribution >= 0.6 is 0 Å². The van der Waals surface area contributed by atoms with Gasteiger partial charge in [-0.1, -0.05) is 0 Å². The van der Waals surface area contributed by atoms with Gasteiger partial charge < -0.3 is 19.7 Å². The number of carbonyl (C=O) groups excluding carboxylic acids is 1. The second-order valence-corrected chi connectivity index (χ2v) is 7.83. The number of nitrogens with zero attached hydrogens (tertiary/aromatic N) is 4. The van der Waals surface area contributed by atoms with Gasteiger partial charge in [-0.3, -0.25) is 0 Å².